The summed E-state index contributed by atoms with van der Waals surface area (Å²) in [6.45, 7) is 5.45. The van der Waals surface area contributed by atoms with E-state index >= 15 is 0 Å². The zero-order chi connectivity index (χ0) is 27.5. The zero-order valence-corrected chi connectivity index (χ0v) is 19.7. The van der Waals surface area contributed by atoms with Crippen molar-refractivity contribution in [3.05, 3.63) is 104 Å². The molecule has 1 unspecified atom stereocenters. The number of hydrogen-bond donors (Lipinski definition) is 1. The van der Waals surface area contributed by atoms with Gasteiger partial charge in [-0.15, -0.1) is 0 Å². The smallest absolute Gasteiger partial charge is 0.416 e. The highest BCUT2D eigenvalue weighted by atomic mass is 19.4. The molecule has 0 radical (unpaired) electrons. The Labute approximate surface area is 207 Å². The molecule has 3 rings (SSSR count). The van der Waals surface area contributed by atoms with Gasteiger partial charge < -0.3 is 5.11 Å². The average Bonchev–Trinajstić information content (AvgIpc) is 2.82. The summed E-state index contributed by atoms with van der Waals surface area (Å²) in [6, 6.07) is 9.87. The third-order valence-corrected chi connectivity index (χ3v) is 6.11. The first-order valence-corrected chi connectivity index (χ1v) is 11.2. The predicted octanol–water partition coefficient (Wildman–Crippen LogP) is 6.05. The van der Waals surface area contributed by atoms with Gasteiger partial charge in [-0.1, -0.05) is 37.8 Å². The molecular formula is C26H24F6N2O3. The molecule has 2 aromatic carbocycles. The molecule has 198 valence electrons. The number of allylic oxidation sites excluding steroid dienone is 1. The Balaban J connectivity index is 1.71. The molecule has 0 fully saturated rings. The van der Waals surface area contributed by atoms with E-state index in [1.807, 2.05) is 0 Å². The molecule has 3 aromatic rings. The normalized spacial score (nSPS) is 12.9. The fraction of sp³-hybridized carbons (Fsp3) is 0.308. The largest absolute Gasteiger partial charge is 0.494 e. The number of aromatic nitrogens is 2. The summed E-state index contributed by atoms with van der Waals surface area (Å²) in [5.74, 6) is -0.805. The Morgan fingerprint density at radius 1 is 0.865 bits per heavy atom. The van der Waals surface area contributed by atoms with Gasteiger partial charge in [0.1, 0.15) is 0 Å². The zero-order valence-electron chi connectivity index (χ0n) is 19.7. The molecule has 1 aromatic heterocycles. The summed E-state index contributed by atoms with van der Waals surface area (Å²) in [7, 11) is 0. The van der Waals surface area contributed by atoms with Crippen molar-refractivity contribution in [1.29, 1.82) is 0 Å². The van der Waals surface area contributed by atoms with Crippen LogP contribution in [0.4, 0.5) is 26.3 Å². The molecular weight excluding hydrogens is 502 g/mol. The van der Waals surface area contributed by atoms with Crippen molar-refractivity contribution in [2.45, 2.75) is 51.1 Å². The lowest BCUT2D eigenvalue weighted by Gasteiger charge is -2.16. The van der Waals surface area contributed by atoms with Crippen LogP contribution in [0.1, 0.15) is 47.9 Å². The maximum absolute atomic E-state index is 12.9. The van der Waals surface area contributed by atoms with E-state index < -0.39 is 40.6 Å². The fourth-order valence-corrected chi connectivity index (χ4v) is 3.80. The third kappa shape index (κ3) is 6.72. The van der Waals surface area contributed by atoms with Crippen molar-refractivity contribution >= 4 is 5.57 Å². The Kier molecular flexibility index (Phi) is 8.04. The number of aromatic hydroxyl groups is 1. The molecule has 37 heavy (non-hydrogen) atoms. The first kappa shape index (κ1) is 27.8. The van der Waals surface area contributed by atoms with Gasteiger partial charge in [0.05, 0.1) is 17.2 Å². The van der Waals surface area contributed by atoms with Gasteiger partial charge in [-0.05, 0) is 59.7 Å². The van der Waals surface area contributed by atoms with Crippen molar-refractivity contribution in [2.24, 2.45) is 0 Å². The van der Waals surface area contributed by atoms with Crippen LogP contribution < -0.4 is 11.2 Å². The molecule has 0 spiro atoms. The van der Waals surface area contributed by atoms with Crippen molar-refractivity contribution < 1.29 is 31.4 Å². The van der Waals surface area contributed by atoms with Crippen molar-refractivity contribution in [2.75, 3.05) is 0 Å². The van der Waals surface area contributed by atoms with Gasteiger partial charge in [0.15, 0.2) is 0 Å². The van der Waals surface area contributed by atoms with E-state index in [-0.39, 0.29) is 31.8 Å². The Morgan fingerprint density at radius 3 is 1.89 bits per heavy atom. The summed E-state index contributed by atoms with van der Waals surface area (Å²) < 4.78 is 78.5. The van der Waals surface area contributed by atoms with Crippen LogP contribution in [0.15, 0.2) is 70.8 Å². The van der Waals surface area contributed by atoms with Crippen LogP contribution in [0.2, 0.25) is 0 Å². The van der Waals surface area contributed by atoms with Gasteiger partial charge in [0.2, 0.25) is 5.88 Å². The van der Waals surface area contributed by atoms with E-state index in [1.54, 1.807) is 6.92 Å². The Bertz CT molecular complexity index is 1370. The van der Waals surface area contributed by atoms with Gasteiger partial charge in [-0.2, -0.15) is 26.3 Å². The summed E-state index contributed by atoms with van der Waals surface area (Å²) in [6.07, 6.45) is -8.55. The maximum Gasteiger partial charge on any atom is 0.416 e. The molecule has 0 saturated heterocycles. The SMILES string of the molecule is C=C(CCn1c(=O)cc(O)n(CCC(C)c2ccc(C(F)(F)F)cc2)c1=O)c1ccc(C(F)(F)F)cc1. The van der Waals surface area contributed by atoms with E-state index in [0.29, 0.717) is 16.7 Å². The molecule has 0 saturated carbocycles. The van der Waals surface area contributed by atoms with E-state index in [9.17, 15) is 41.0 Å². The van der Waals surface area contributed by atoms with Crippen LogP contribution in [-0.4, -0.2) is 14.2 Å². The highest BCUT2D eigenvalue weighted by molar-refractivity contribution is 5.63. The van der Waals surface area contributed by atoms with Crippen LogP contribution in [0.5, 0.6) is 5.88 Å². The van der Waals surface area contributed by atoms with Gasteiger partial charge in [-0.25, -0.2) is 4.79 Å². The minimum atomic E-state index is -4.48. The first-order chi connectivity index (χ1) is 17.2. The lowest BCUT2D eigenvalue weighted by atomic mass is 9.96. The number of nitrogens with zero attached hydrogens (tertiary/aromatic N) is 2. The van der Waals surface area contributed by atoms with Gasteiger partial charge >= 0.3 is 18.0 Å². The van der Waals surface area contributed by atoms with Gasteiger partial charge in [0.25, 0.3) is 5.56 Å². The summed E-state index contributed by atoms with van der Waals surface area (Å²) >= 11 is 0. The molecule has 1 atom stereocenters. The Morgan fingerprint density at radius 2 is 1.38 bits per heavy atom. The maximum atomic E-state index is 12.9. The second kappa shape index (κ2) is 10.7. The first-order valence-electron chi connectivity index (χ1n) is 11.2. The monoisotopic (exact) mass is 526 g/mol. The number of halogens is 6. The number of hydrogen-bond acceptors (Lipinski definition) is 3. The molecule has 0 bridgehead atoms. The van der Waals surface area contributed by atoms with Crippen LogP contribution in [-0.2, 0) is 25.4 Å². The lowest BCUT2D eigenvalue weighted by molar-refractivity contribution is -0.138. The molecule has 11 heteroatoms. The van der Waals surface area contributed by atoms with Gasteiger partial charge in [0, 0.05) is 13.1 Å². The standard InChI is InChI=1S/C26H24F6N2O3/c1-16(18-3-7-20(8-4-18)25(27,28)29)11-13-33-22(35)15-23(36)34(24(33)37)14-12-17(2)19-5-9-21(10-6-19)26(30,31)32/h3-10,15,17,36H,1,11-14H2,2H3. The lowest BCUT2D eigenvalue weighted by Crippen LogP contribution is -2.39. The summed E-state index contributed by atoms with van der Waals surface area (Å²) in [5, 5.41) is 10.2. The number of rotatable bonds is 8. The molecule has 0 amide bonds. The summed E-state index contributed by atoms with van der Waals surface area (Å²) in [4.78, 5) is 25.2. The van der Waals surface area contributed by atoms with Gasteiger partial charge in [-0.3, -0.25) is 13.9 Å². The van der Waals surface area contributed by atoms with E-state index in [4.69, 9.17) is 0 Å². The van der Waals surface area contributed by atoms with Crippen molar-refractivity contribution in [3.8, 4) is 5.88 Å². The number of benzene rings is 2. The highest BCUT2D eigenvalue weighted by Gasteiger charge is 2.31. The molecule has 0 aliphatic rings. The predicted molar refractivity (Wildman–Crippen MR) is 126 cm³/mol. The van der Waals surface area contributed by atoms with Crippen LogP contribution in [0.3, 0.4) is 0 Å². The Hall–Kier alpha value is -3.76. The molecule has 5 nitrogen and oxygen atoms in total. The molecule has 0 aliphatic heterocycles. The second-order valence-electron chi connectivity index (χ2n) is 8.66. The topological polar surface area (TPSA) is 64.2 Å². The molecule has 0 aliphatic carbocycles. The summed E-state index contributed by atoms with van der Waals surface area (Å²) in [5.41, 5.74) is -1.68. The van der Waals surface area contributed by atoms with E-state index in [2.05, 4.69) is 6.58 Å². The average molecular weight is 526 g/mol. The van der Waals surface area contributed by atoms with Crippen molar-refractivity contribution in [3.63, 3.8) is 0 Å². The van der Waals surface area contributed by atoms with E-state index in [1.165, 1.54) is 24.3 Å². The number of alkyl halides is 6. The van der Waals surface area contributed by atoms with Crippen LogP contribution in [0, 0.1) is 0 Å². The van der Waals surface area contributed by atoms with E-state index in [0.717, 1.165) is 39.5 Å². The minimum absolute atomic E-state index is 0.00696. The fourth-order valence-electron chi connectivity index (χ4n) is 3.80. The third-order valence-electron chi connectivity index (χ3n) is 6.11. The van der Waals surface area contributed by atoms with Crippen molar-refractivity contribution in [1.82, 2.24) is 9.13 Å². The second-order valence-corrected chi connectivity index (χ2v) is 8.66. The molecule has 1 N–H and O–H groups in total. The molecule has 1 heterocycles. The van der Waals surface area contributed by atoms with Crippen LogP contribution >= 0.6 is 0 Å². The highest BCUT2D eigenvalue weighted by Crippen LogP contribution is 2.31. The quantitative estimate of drug-likeness (QED) is 0.364. The van der Waals surface area contributed by atoms with Crippen LogP contribution in [0.25, 0.3) is 5.57 Å². The minimum Gasteiger partial charge on any atom is -0.494 e.